The second-order valence-electron chi connectivity index (χ2n) is 10.6. The predicted molar refractivity (Wildman–Crippen MR) is 150 cm³/mol. The molecule has 0 aromatic heterocycles. The van der Waals surface area contributed by atoms with Crippen molar-refractivity contribution in [3.63, 3.8) is 0 Å². The lowest BCUT2D eigenvalue weighted by atomic mass is 9.77. The van der Waals surface area contributed by atoms with Gasteiger partial charge >= 0.3 is 5.97 Å². The Bertz CT molecular complexity index is 1570. The van der Waals surface area contributed by atoms with Crippen molar-refractivity contribution in [2.75, 3.05) is 23.3 Å². The van der Waals surface area contributed by atoms with E-state index in [-0.39, 0.29) is 5.97 Å². The van der Waals surface area contributed by atoms with Crippen molar-refractivity contribution in [3.05, 3.63) is 112 Å². The van der Waals surface area contributed by atoms with Gasteiger partial charge < -0.3 is 19.7 Å². The maximum Gasteiger partial charge on any atom is 0.340 e. The number of esters is 1. The molecule has 1 fully saturated rings. The Balaban J connectivity index is 1.41. The Hall–Kier alpha value is -4.25. The number of rotatable bonds is 3. The monoisotopic (exact) mass is 502 g/mol. The van der Waals surface area contributed by atoms with Gasteiger partial charge in [-0.2, -0.15) is 0 Å². The van der Waals surface area contributed by atoms with Crippen molar-refractivity contribution >= 4 is 23.0 Å². The quantitative estimate of drug-likeness (QED) is 0.292. The number of nitrogens with one attached hydrogen (secondary N) is 1. The second-order valence-corrected chi connectivity index (χ2v) is 10.6. The molecule has 3 aliphatic rings. The summed E-state index contributed by atoms with van der Waals surface area (Å²) in [7, 11) is 0. The summed E-state index contributed by atoms with van der Waals surface area (Å²) in [6, 6.07) is 26.5. The Labute approximate surface area is 223 Å². The molecule has 5 nitrogen and oxygen atoms in total. The summed E-state index contributed by atoms with van der Waals surface area (Å²) >= 11 is 0. The minimum absolute atomic E-state index is 0.312. The van der Waals surface area contributed by atoms with Crippen LogP contribution in [0.25, 0.3) is 0 Å². The zero-order valence-corrected chi connectivity index (χ0v) is 21.7. The van der Waals surface area contributed by atoms with Crippen LogP contribution in [-0.2, 0) is 10.3 Å². The summed E-state index contributed by atoms with van der Waals surface area (Å²) in [4.78, 5) is 15.7. The molecule has 4 aromatic rings. The molecule has 7 rings (SSSR count). The Morgan fingerprint density at radius 1 is 0.789 bits per heavy atom. The van der Waals surface area contributed by atoms with Crippen LogP contribution in [0.2, 0.25) is 0 Å². The molecular weight excluding hydrogens is 472 g/mol. The first-order valence-electron chi connectivity index (χ1n) is 13.4. The summed E-state index contributed by atoms with van der Waals surface area (Å²) in [5.74, 6) is 1.14. The van der Waals surface area contributed by atoms with Gasteiger partial charge in [-0.25, -0.2) is 4.79 Å². The van der Waals surface area contributed by atoms with Crippen LogP contribution in [0.1, 0.15) is 57.4 Å². The molecular formula is C33H30N2O3. The molecule has 38 heavy (non-hydrogen) atoms. The van der Waals surface area contributed by atoms with Crippen LogP contribution in [0.3, 0.4) is 0 Å². The molecule has 5 heteroatoms. The second kappa shape index (κ2) is 8.66. The first kappa shape index (κ1) is 22.9. The molecule has 0 radical (unpaired) electrons. The van der Waals surface area contributed by atoms with E-state index in [9.17, 15) is 4.79 Å². The van der Waals surface area contributed by atoms with E-state index in [1.165, 1.54) is 24.8 Å². The van der Waals surface area contributed by atoms with Crippen molar-refractivity contribution in [1.29, 1.82) is 0 Å². The number of carbonyl (C=O) groups is 1. The topological polar surface area (TPSA) is 50.8 Å². The molecule has 1 spiro atoms. The fourth-order valence-corrected chi connectivity index (χ4v) is 6.08. The van der Waals surface area contributed by atoms with Crippen LogP contribution in [0.4, 0.5) is 17.1 Å². The highest BCUT2D eigenvalue weighted by molar-refractivity contribution is 5.97. The molecule has 1 saturated heterocycles. The van der Waals surface area contributed by atoms with Gasteiger partial charge in [-0.3, -0.25) is 0 Å². The number of ether oxygens (including phenoxy) is 2. The molecule has 0 bridgehead atoms. The maximum absolute atomic E-state index is 13.3. The Morgan fingerprint density at radius 2 is 1.55 bits per heavy atom. The van der Waals surface area contributed by atoms with Crippen LogP contribution >= 0.6 is 0 Å². The van der Waals surface area contributed by atoms with Crippen molar-refractivity contribution in [3.8, 4) is 11.5 Å². The number of anilines is 3. The average Bonchev–Trinajstić information content (AvgIpc) is 3.24. The zero-order valence-electron chi connectivity index (χ0n) is 21.7. The maximum atomic E-state index is 13.3. The van der Waals surface area contributed by atoms with Crippen LogP contribution in [0, 0.1) is 13.8 Å². The fraction of sp³-hybridized carbons (Fsp3) is 0.242. The molecule has 1 unspecified atom stereocenters. The normalized spacial score (nSPS) is 19.3. The number of hydrogen-bond acceptors (Lipinski definition) is 5. The van der Waals surface area contributed by atoms with E-state index in [0.29, 0.717) is 11.3 Å². The summed E-state index contributed by atoms with van der Waals surface area (Å²) in [5, 5.41) is 3.56. The third kappa shape index (κ3) is 3.49. The van der Waals surface area contributed by atoms with E-state index >= 15 is 0 Å². The minimum atomic E-state index is -1.07. The van der Waals surface area contributed by atoms with E-state index < -0.39 is 5.60 Å². The Morgan fingerprint density at radius 3 is 2.37 bits per heavy atom. The first-order chi connectivity index (χ1) is 18.5. The number of nitrogens with zero attached hydrogens (tertiary/aromatic N) is 1. The average molecular weight is 503 g/mol. The smallest absolute Gasteiger partial charge is 0.340 e. The van der Waals surface area contributed by atoms with Gasteiger partial charge in [0.05, 0.1) is 5.56 Å². The number of aryl methyl sites for hydroxylation is 2. The van der Waals surface area contributed by atoms with Gasteiger partial charge in [-0.05, 0) is 81.1 Å². The van der Waals surface area contributed by atoms with Gasteiger partial charge in [0.2, 0.25) is 0 Å². The van der Waals surface area contributed by atoms with Gasteiger partial charge in [0.1, 0.15) is 11.5 Å². The number of piperidine rings is 1. The van der Waals surface area contributed by atoms with Crippen LogP contribution in [-0.4, -0.2) is 19.1 Å². The SMILES string of the molecule is Cc1ccc(Nc2cc3c(cc2C)Oc2cc(N4CCCCC4)ccc2C32OC(=O)c3ccccc32)cc1. The summed E-state index contributed by atoms with van der Waals surface area (Å²) in [6.45, 7) is 6.24. The lowest BCUT2D eigenvalue weighted by Crippen LogP contribution is -2.34. The van der Waals surface area contributed by atoms with E-state index in [4.69, 9.17) is 9.47 Å². The van der Waals surface area contributed by atoms with Crippen LogP contribution < -0.4 is 15.0 Å². The standard InChI is InChI=1S/C33H30N2O3/c1-21-10-12-23(13-11-21)34-29-20-28-30(18-22(29)2)37-31-19-24(35-16-6-3-7-17-35)14-15-27(31)33(28)26-9-5-4-8-25(26)32(36)38-33/h4-5,8-15,18-20,34H,3,6-7,16-17H2,1-2H3. The van der Waals surface area contributed by atoms with Gasteiger partial charge in [-0.1, -0.05) is 35.9 Å². The fourth-order valence-electron chi connectivity index (χ4n) is 6.08. The van der Waals surface area contributed by atoms with Crippen molar-refractivity contribution in [2.24, 2.45) is 0 Å². The number of carbonyl (C=O) groups excluding carboxylic acids is 1. The van der Waals surface area contributed by atoms with Gasteiger partial charge in [0.15, 0.2) is 5.60 Å². The Kier molecular flexibility index (Phi) is 5.22. The van der Waals surface area contributed by atoms with E-state index in [1.807, 2.05) is 24.3 Å². The largest absolute Gasteiger partial charge is 0.456 e. The van der Waals surface area contributed by atoms with Crippen LogP contribution in [0.15, 0.2) is 78.9 Å². The molecule has 1 N–H and O–H groups in total. The minimum Gasteiger partial charge on any atom is -0.456 e. The molecule has 0 aliphatic carbocycles. The number of benzene rings is 4. The van der Waals surface area contributed by atoms with Crippen molar-refractivity contribution < 1.29 is 14.3 Å². The molecule has 1 atom stereocenters. The summed E-state index contributed by atoms with van der Waals surface area (Å²) < 4.78 is 13.0. The third-order valence-corrected chi connectivity index (χ3v) is 8.09. The van der Waals surface area contributed by atoms with Crippen molar-refractivity contribution in [2.45, 2.75) is 38.7 Å². The lowest BCUT2D eigenvalue weighted by molar-refractivity contribution is 0.0224. The van der Waals surface area contributed by atoms with Crippen molar-refractivity contribution in [1.82, 2.24) is 0 Å². The highest BCUT2D eigenvalue weighted by Gasteiger charge is 2.53. The predicted octanol–water partition coefficient (Wildman–Crippen LogP) is 7.61. The van der Waals surface area contributed by atoms with Gasteiger partial charge in [0.25, 0.3) is 0 Å². The van der Waals surface area contributed by atoms with Gasteiger partial charge in [-0.15, -0.1) is 0 Å². The molecule has 3 heterocycles. The molecule has 4 aromatic carbocycles. The van der Waals surface area contributed by atoms with Crippen LogP contribution in [0.5, 0.6) is 11.5 Å². The highest BCUT2D eigenvalue weighted by Crippen LogP contribution is 2.57. The molecule has 0 saturated carbocycles. The van der Waals surface area contributed by atoms with E-state index in [1.54, 1.807) is 0 Å². The van der Waals surface area contributed by atoms with Gasteiger partial charge in [0, 0.05) is 52.9 Å². The summed E-state index contributed by atoms with van der Waals surface area (Å²) in [6.07, 6.45) is 3.68. The third-order valence-electron chi connectivity index (χ3n) is 8.09. The molecule has 190 valence electrons. The van der Waals surface area contributed by atoms with E-state index in [0.717, 1.165) is 58.2 Å². The molecule has 0 amide bonds. The lowest BCUT2D eigenvalue weighted by Gasteiger charge is -2.38. The first-order valence-corrected chi connectivity index (χ1v) is 13.4. The van der Waals surface area contributed by atoms with E-state index in [2.05, 4.69) is 78.7 Å². The number of fused-ring (bicyclic) bond motifs is 6. The molecule has 3 aliphatic heterocycles. The summed E-state index contributed by atoms with van der Waals surface area (Å²) in [5.41, 5.74) is 7.41. The highest BCUT2D eigenvalue weighted by atomic mass is 16.6. The zero-order chi connectivity index (χ0) is 25.9. The number of hydrogen-bond donors (Lipinski definition) is 1.